The van der Waals surface area contributed by atoms with Gasteiger partial charge in [-0.3, -0.25) is 0 Å². The molecule has 0 radical (unpaired) electrons. The molecule has 0 saturated heterocycles. The van der Waals surface area contributed by atoms with Crippen LogP contribution in [0.3, 0.4) is 0 Å². The first-order chi connectivity index (χ1) is 10.8. The van der Waals surface area contributed by atoms with E-state index in [0.29, 0.717) is 0 Å². The van der Waals surface area contributed by atoms with Crippen molar-refractivity contribution in [2.45, 2.75) is 71.6 Å². The third-order valence-electron chi connectivity index (χ3n) is 4.71. The summed E-state index contributed by atoms with van der Waals surface area (Å²) in [6.45, 7) is 7.52. The molecule has 0 fully saturated rings. The van der Waals surface area contributed by atoms with Gasteiger partial charge in [-0.15, -0.1) is 0 Å². The zero-order valence-electron chi connectivity index (χ0n) is 14.4. The molecule has 1 atom stereocenters. The summed E-state index contributed by atoms with van der Waals surface area (Å²) >= 11 is 0. The predicted octanol–water partition coefficient (Wildman–Crippen LogP) is 7.43. The Kier molecular flexibility index (Phi) is 6.39. The second-order valence-corrected chi connectivity index (χ2v) is 7.01. The lowest BCUT2D eigenvalue weighted by molar-refractivity contribution is -0.143. The quantitative estimate of drug-likeness (QED) is 0.368. The fourth-order valence-electron chi connectivity index (χ4n) is 2.73. The minimum atomic E-state index is -4.80. The Morgan fingerprint density at radius 3 is 1.67 bits per heavy atom. The Hall–Kier alpha value is -1.20. The average Bonchev–Trinajstić information content (AvgIpc) is 2.44. The van der Waals surface area contributed by atoms with E-state index >= 15 is 0 Å². The van der Waals surface area contributed by atoms with Crippen molar-refractivity contribution in [1.82, 2.24) is 0 Å². The second-order valence-electron chi connectivity index (χ2n) is 7.01. The van der Waals surface area contributed by atoms with Crippen LogP contribution in [0.5, 0.6) is 0 Å². The Balaban J connectivity index is 3.26. The normalized spacial score (nSPS) is 14.8. The molecule has 1 aromatic carbocycles. The topological polar surface area (TPSA) is 0 Å². The van der Waals surface area contributed by atoms with Gasteiger partial charge in [0.05, 0.1) is 11.1 Å². The van der Waals surface area contributed by atoms with E-state index in [0.717, 1.165) is 37.8 Å². The SMILES string of the molecule is CCCCCC(C)(C)C(C)c1cc(C(F)(F)F)cc(C(F)(F)F)c1. The monoisotopic (exact) mass is 354 g/mol. The lowest BCUT2D eigenvalue weighted by Gasteiger charge is -2.33. The number of alkyl halides is 6. The van der Waals surface area contributed by atoms with Crippen LogP contribution in [0.4, 0.5) is 26.3 Å². The smallest absolute Gasteiger partial charge is 0.166 e. The van der Waals surface area contributed by atoms with E-state index in [2.05, 4.69) is 0 Å². The van der Waals surface area contributed by atoms with Gasteiger partial charge in [0.15, 0.2) is 0 Å². The Morgan fingerprint density at radius 2 is 1.29 bits per heavy atom. The van der Waals surface area contributed by atoms with Crippen molar-refractivity contribution >= 4 is 0 Å². The van der Waals surface area contributed by atoms with Crippen LogP contribution in [0.2, 0.25) is 0 Å². The van der Waals surface area contributed by atoms with Crippen LogP contribution >= 0.6 is 0 Å². The van der Waals surface area contributed by atoms with Crippen molar-refractivity contribution in [2.75, 3.05) is 0 Å². The van der Waals surface area contributed by atoms with Crippen LogP contribution in [0.25, 0.3) is 0 Å². The van der Waals surface area contributed by atoms with E-state index in [1.165, 1.54) is 0 Å². The predicted molar refractivity (Wildman–Crippen MR) is 82.8 cm³/mol. The number of halogens is 6. The molecule has 0 nitrogen and oxygen atoms in total. The van der Waals surface area contributed by atoms with Gasteiger partial charge in [0.2, 0.25) is 0 Å². The lowest BCUT2D eigenvalue weighted by atomic mass is 9.72. The molecule has 0 aliphatic carbocycles. The molecule has 0 aliphatic heterocycles. The summed E-state index contributed by atoms with van der Waals surface area (Å²) in [5, 5.41) is 0. The van der Waals surface area contributed by atoms with E-state index in [4.69, 9.17) is 0 Å². The van der Waals surface area contributed by atoms with Crippen LogP contribution in [0.1, 0.15) is 76.0 Å². The van der Waals surface area contributed by atoms with E-state index in [1.807, 2.05) is 20.8 Å². The van der Waals surface area contributed by atoms with Crippen LogP contribution in [0.15, 0.2) is 18.2 Å². The zero-order valence-corrected chi connectivity index (χ0v) is 14.4. The summed E-state index contributed by atoms with van der Waals surface area (Å²) in [5.41, 5.74) is -2.80. The van der Waals surface area contributed by atoms with Crippen molar-refractivity contribution in [3.63, 3.8) is 0 Å². The molecule has 1 unspecified atom stereocenters. The van der Waals surface area contributed by atoms with E-state index in [9.17, 15) is 26.3 Å². The van der Waals surface area contributed by atoms with Gasteiger partial charge in [-0.1, -0.05) is 47.0 Å². The summed E-state index contributed by atoms with van der Waals surface area (Å²) in [5.74, 6) is -0.419. The molecule has 0 N–H and O–H groups in total. The van der Waals surface area contributed by atoms with E-state index in [-0.39, 0.29) is 17.0 Å². The first kappa shape index (κ1) is 20.8. The summed E-state index contributed by atoms with van der Waals surface area (Å²) in [6.07, 6.45) is -5.96. The molecule has 1 aromatic rings. The molecule has 0 bridgehead atoms. The summed E-state index contributed by atoms with van der Waals surface area (Å²) in [4.78, 5) is 0. The van der Waals surface area contributed by atoms with Gasteiger partial charge in [-0.25, -0.2) is 0 Å². The third kappa shape index (κ3) is 5.42. The van der Waals surface area contributed by atoms with Gasteiger partial charge in [0.1, 0.15) is 0 Å². The molecule has 0 spiro atoms. The highest BCUT2D eigenvalue weighted by Crippen LogP contribution is 2.43. The lowest BCUT2D eigenvalue weighted by Crippen LogP contribution is -2.21. The molecular weight excluding hydrogens is 330 g/mol. The van der Waals surface area contributed by atoms with Gasteiger partial charge in [0, 0.05) is 0 Å². The molecule has 0 heterocycles. The van der Waals surface area contributed by atoms with Crippen LogP contribution < -0.4 is 0 Å². The fourth-order valence-corrected chi connectivity index (χ4v) is 2.73. The summed E-state index contributed by atoms with van der Waals surface area (Å²) in [7, 11) is 0. The molecule has 6 heteroatoms. The molecular formula is C18H24F6. The maximum Gasteiger partial charge on any atom is 0.416 e. The van der Waals surface area contributed by atoms with Crippen LogP contribution in [0, 0.1) is 5.41 Å². The first-order valence-corrected chi connectivity index (χ1v) is 8.08. The average molecular weight is 354 g/mol. The van der Waals surface area contributed by atoms with E-state index < -0.39 is 29.4 Å². The van der Waals surface area contributed by atoms with Gasteiger partial charge >= 0.3 is 12.4 Å². The largest absolute Gasteiger partial charge is 0.416 e. The number of unbranched alkanes of at least 4 members (excludes halogenated alkanes) is 2. The zero-order chi connectivity index (χ0) is 18.8. The molecule has 138 valence electrons. The number of rotatable bonds is 6. The maximum atomic E-state index is 13.0. The molecule has 0 aromatic heterocycles. The Bertz CT molecular complexity index is 507. The van der Waals surface area contributed by atoms with Gasteiger partial charge in [-0.2, -0.15) is 26.3 Å². The number of hydrogen-bond donors (Lipinski definition) is 0. The van der Waals surface area contributed by atoms with Crippen molar-refractivity contribution in [3.05, 3.63) is 34.9 Å². The molecule has 0 aliphatic rings. The third-order valence-corrected chi connectivity index (χ3v) is 4.71. The minimum Gasteiger partial charge on any atom is -0.166 e. The van der Waals surface area contributed by atoms with E-state index in [1.54, 1.807) is 6.92 Å². The minimum absolute atomic E-state index is 0.0821. The molecule has 1 rings (SSSR count). The maximum absolute atomic E-state index is 13.0. The van der Waals surface area contributed by atoms with Crippen molar-refractivity contribution < 1.29 is 26.3 Å². The van der Waals surface area contributed by atoms with Crippen molar-refractivity contribution in [2.24, 2.45) is 5.41 Å². The number of hydrogen-bond acceptors (Lipinski definition) is 0. The highest BCUT2D eigenvalue weighted by atomic mass is 19.4. The summed E-state index contributed by atoms with van der Waals surface area (Å²) < 4.78 is 77.9. The molecule has 0 amide bonds. The van der Waals surface area contributed by atoms with Gasteiger partial charge in [-0.05, 0) is 41.5 Å². The Labute approximate surface area is 139 Å². The number of benzene rings is 1. The molecule has 0 saturated carbocycles. The van der Waals surface area contributed by atoms with Gasteiger partial charge in [0.25, 0.3) is 0 Å². The highest BCUT2D eigenvalue weighted by Gasteiger charge is 2.38. The fraction of sp³-hybridized carbons (Fsp3) is 0.667. The second kappa shape index (κ2) is 7.36. The van der Waals surface area contributed by atoms with Crippen LogP contribution in [-0.4, -0.2) is 0 Å². The van der Waals surface area contributed by atoms with Crippen molar-refractivity contribution in [3.8, 4) is 0 Å². The first-order valence-electron chi connectivity index (χ1n) is 8.08. The van der Waals surface area contributed by atoms with Crippen LogP contribution in [-0.2, 0) is 12.4 Å². The van der Waals surface area contributed by atoms with Crippen molar-refractivity contribution in [1.29, 1.82) is 0 Å². The standard InChI is InChI=1S/C18H24F6/c1-5-6-7-8-16(3,4)12(2)13-9-14(17(19,20)21)11-15(10-13)18(22,23)24/h9-12H,5-8H2,1-4H3. The summed E-state index contributed by atoms with van der Waals surface area (Å²) in [6, 6.07) is 1.88. The Morgan fingerprint density at radius 1 is 0.833 bits per heavy atom. The molecule has 24 heavy (non-hydrogen) atoms. The van der Waals surface area contributed by atoms with Gasteiger partial charge < -0.3 is 0 Å². The highest BCUT2D eigenvalue weighted by molar-refractivity contribution is 5.36.